The normalized spacial score (nSPS) is 26.1. The monoisotopic (exact) mass is 499 g/mol. The predicted octanol–water partition coefficient (Wildman–Crippen LogP) is 5.88. The van der Waals surface area contributed by atoms with Crippen molar-refractivity contribution in [2.24, 2.45) is 0 Å². The Morgan fingerprint density at radius 1 is 0.886 bits per heavy atom. The van der Waals surface area contributed by atoms with Gasteiger partial charge in [-0.05, 0) is 33.7 Å². The molecule has 0 aromatic heterocycles. The highest BCUT2D eigenvalue weighted by molar-refractivity contribution is 5.70. The second-order valence-corrected chi connectivity index (χ2v) is 10.6. The van der Waals surface area contributed by atoms with E-state index in [0.717, 1.165) is 13.0 Å². The van der Waals surface area contributed by atoms with E-state index in [1.807, 2.05) is 20.8 Å². The van der Waals surface area contributed by atoms with Crippen LogP contribution in [0.1, 0.15) is 118 Å². The van der Waals surface area contributed by atoms with E-state index in [2.05, 4.69) is 12.2 Å². The van der Waals surface area contributed by atoms with Crippen LogP contribution in [0.4, 0.5) is 0 Å². The molecule has 0 aromatic rings. The third-order valence-electron chi connectivity index (χ3n) is 7.07. The molecule has 5 atom stereocenters. The summed E-state index contributed by atoms with van der Waals surface area (Å²) in [6.07, 6.45) is 16.1. The van der Waals surface area contributed by atoms with Crippen LogP contribution in [-0.4, -0.2) is 62.7 Å². The molecule has 2 aliphatic rings. The predicted molar refractivity (Wildman–Crippen MR) is 138 cm³/mol. The molecule has 0 saturated carbocycles. The summed E-state index contributed by atoms with van der Waals surface area (Å²) in [5, 5.41) is 3.55. The molecule has 0 amide bonds. The molecule has 7 nitrogen and oxygen atoms in total. The summed E-state index contributed by atoms with van der Waals surface area (Å²) in [5.74, 6) is -0.927. The molecule has 0 spiro atoms. The van der Waals surface area contributed by atoms with E-state index in [1.165, 1.54) is 77.0 Å². The molecule has 0 aliphatic carbocycles. The molecule has 4 unspecified atom stereocenters. The molecule has 2 saturated heterocycles. The number of hydrogen-bond donors (Lipinski definition) is 1. The third-order valence-corrected chi connectivity index (χ3v) is 7.07. The van der Waals surface area contributed by atoms with Crippen LogP contribution in [0.15, 0.2) is 0 Å². The highest BCUT2D eigenvalue weighted by Crippen LogP contribution is 2.39. The molecule has 206 valence electrons. The number of nitrogens with one attached hydrogen (secondary N) is 1. The quantitative estimate of drug-likeness (QED) is 0.166. The largest absolute Gasteiger partial charge is 0.466 e. The lowest BCUT2D eigenvalue weighted by Gasteiger charge is -2.30. The summed E-state index contributed by atoms with van der Waals surface area (Å²) >= 11 is 0. The van der Waals surface area contributed by atoms with E-state index in [4.69, 9.17) is 23.7 Å². The van der Waals surface area contributed by atoms with Crippen molar-refractivity contribution in [3.63, 3.8) is 0 Å². The van der Waals surface area contributed by atoms with Crippen molar-refractivity contribution in [3.05, 3.63) is 0 Å². The Hall–Kier alpha value is -0.730. The van der Waals surface area contributed by atoms with Gasteiger partial charge in [0.1, 0.15) is 18.3 Å². The summed E-state index contributed by atoms with van der Waals surface area (Å²) in [6.45, 7) is 9.05. The van der Waals surface area contributed by atoms with E-state index in [9.17, 15) is 4.79 Å². The Bertz CT molecular complexity index is 572. The zero-order valence-corrected chi connectivity index (χ0v) is 23.1. The smallest absolute Gasteiger partial charge is 0.307 e. The van der Waals surface area contributed by atoms with Gasteiger partial charge in [0, 0.05) is 13.2 Å². The van der Waals surface area contributed by atoms with Gasteiger partial charge in [0.25, 0.3) is 0 Å². The topological polar surface area (TPSA) is 75.3 Å². The van der Waals surface area contributed by atoms with Gasteiger partial charge in [0.2, 0.25) is 0 Å². The minimum absolute atomic E-state index is 0.211. The molecule has 35 heavy (non-hydrogen) atoms. The highest BCUT2D eigenvalue weighted by atomic mass is 16.8. The maximum absolute atomic E-state index is 12.3. The summed E-state index contributed by atoms with van der Waals surface area (Å²) in [4.78, 5) is 12.3. The number of carbonyl (C=O) groups excluding carboxylic acids is 1. The molecule has 0 radical (unpaired) electrons. The fourth-order valence-electron chi connectivity index (χ4n) is 5.23. The van der Waals surface area contributed by atoms with Gasteiger partial charge in [-0.15, -0.1) is 0 Å². The maximum atomic E-state index is 12.3. The molecule has 2 rings (SSSR count). The Morgan fingerprint density at radius 2 is 1.46 bits per heavy atom. The molecule has 2 fully saturated rings. The number of fused-ring (bicyclic) bond motifs is 1. The van der Waals surface area contributed by atoms with Crippen molar-refractivity contribution in [1.29, 1.82) is 0 Å². The second kappa shape index (κ2) is 16.9. The average Bonchev–Trinajstić information content (AvgIpc) is 3.29. The van der Waals surface area contributed by atoms with Crippen molar-refractivity contribution in [2.75, 3.05) is 20.3 Å². The van der Waals surface area contributed by atoms with Gasteiger partial charge in [0.15, 0.2) is 12.1 Å². The third kappa shape index (κ3) is 11.0. The molecule has 0 bridgehead atoms. The van der Waals surface area contributed by atoms with Crippen LogP contribution in [0.5, 0.6) is 0 Å². The Balaban J connectivity index is 1.65. The van der Waals surface area contributed by atoms with Crippen molar-refractivity contribution < 1.29 is 28.5 Å². The van der Waals surface area contributed by atoms with E-state index >= 15 is 0 Å². The SMILES string of the molecule is CCCCCCCCCCCCCCCN[C@H](CC(=O)OCC)C1OC2OC(C)(C)OC2C1OC. The Kier molecular flexibility index (Phi) is 14.7. The second-order valence-electron chi connectivity index (χ2n) is 10.6. The average molecular weight is 500 g/mol. The van der Waals surface area contributed by atoms with Gasteiger partial charge in [-0.25, -0.2) is 0 Å². The van der Waals surface area contributed by atoms with Crippen LogP contribution < -0.4 is 5.32 Å². The van der Waals surface area contributed by atoms with Gasteiger partial charge >= 0.3 is 5.97 Å². The number of hydrogen-bond acceptors (Lipinski definition) is 7. The lowest BCUT2D eigenvalue weighted by atomic mass is 10.00. The zero-order chi connectivity index (χ0) is 25.5. The standard InChI is InChI=1S/C28H53NO6/c1-6-8-9-10-11-12-13-14-15-16-17-18-19-20-29-22(21-23(30)32-7-2)24-25(31-5)26-27(33-24)35-28(3,4)34-26/h22,24-27,29H,6-21H2,1-5H3/t22-,24?,25?,26?,27?/m1/s1. The minimum atomic E-state index is -0.699. The first-order valence-electron chi connectivity index (χ1n) is 14.3. The molecule has 1 N–H and O–H groups in total. The fraction of sp³-hybridized carbons (Fsp3) is 0.964. The van der Waals surface area contributed by atoms with Crippen LogP contribution in [0.25, 0.3) is 0 Å². The molecule has 7 heteroatoms. The van der Waals surface area contributed by atoms with E-state index < -0.39 is 12.1 Å². The van der Waals surface area contributed by atoms with Crippen LogP contribution in [-0.2, 0) is 28.5 Å². The minimum Gasteiger partial charge on any atom is -0.466 e. The van der Waals surface area contributed by atoms with Crippen LogP contribution in [0, 0.1) is 0 Å². The van der Waals surface area contributed by atoms with E-state index in [0.29, 0.717) is 6.61 Å². The molecular formula is C28H53NO6. The van der Waals surface area contributed by atoms with Crippen LogP contribution >= 0.6 is 0 Å². The van der Waals surface area contributed by atoms with Crippen LogP contribution in [0.3, 0.4) is 0 Å². The maximum Gasteiger partial charge on any atom is 0.307 e. The number of methoxy groups -OCH3 is 1. The van der Waals surface area contributed by atoms with Gasteiger partial charge in [0.05, 0.1) is 13.0 Å². The van der Waals surface area contributed by atoms with Gasteiger partial charge in [-0.1, -0.05) is 84.0 Å². The van der Waals surface area contributed by atoms with Gasteiger partial charge in [-0.2, -0.15) is 0 Å². The number of rotatable bonds is 20. The van der Waals surface area contributed by atoms with Crippen molar-refractivity contribution in [2.45, 2.75) is 154 Å². The van der Waals surface area contributed by atoms with Crippen molar-refractivity contribution >= 4 is 5.97 Å². The molecular weight excluding hydrogens is 446 g/mol. The molecule has 2 aliphatic heterocycles. The first kappa shape index (κ1) is 30.5. The van der Waals surface area contributed by atoms with Gasteiger partial charge in [-0.3, -0.25) is 4.79 Å². The lowest BCUT2D eigenvalue weighted by molar-refractivity contribution is -0.220. The van der Waals surface area contributed by atoms with Crippen molar-refractivity contribution in [3.8, 4) is 0 Å². The molecule has 2 heterocycles. The van der Waals surface area contributed by atoms with E-state index in [-0.39, 0.29) is 36.7 Å². The first-order chi connectivity index (χ1) is 16.9. The first-order valence-corrected chi connectivity index (χ1v) is 14.3. The highest BCUT2D eigenvalue weighted by Gasteiger charge is 2.56. The fourth-order valence-corrected chi connectivity index (χ4v) is 5.23. The Morgan fingerprint density at radius 3 is 2.00 bits per heavy atom. The lowest BCUT2D eigenvalue weighted by Crippen LogP contribution is -2.49. The zero-order valence-electron chi connectivity index (χ0n) is 23.1. The van der Waals surface area contributed by atoms with E-state index in [1.54, 1.807) is 7.11 Å². The number of ether oxygens (including phenoxy) is 5. The summed E-state index contributed by atoms with van der Waals surface area (Å²) in [6, 6.07) is -0.211. The summed E-state index contributed by atoms with van der Waals surface area (Å²) in [7, 11) is 1.66. The number of unbranched alkanes of at least 4 members (excludes halogenated alkanes) is 12. The summed E-state index contributed by atoms with van der Waals surface area (Å²) < 4.78 is 29.1. The molecule has 0 aromatic carbocycles. The van der Waals surface area contributed by atoms with Gasteiger partial charge < -0.3 is 29.0 Å². The van der Waals surface area contributed by atoms with Crippen molar-refractivity contribution in [1.82, 2.24) is 5.32 Å². The number of esters is 1. The summed E-state index contributed by atoms with van der Waals surface area (Å²) in [5.41, 5.74) is 0. The van der Waals surface area contributed by atoms with Crippen LogP contribution in [0.2, 0.25) is 0 Å². The number of carbonyl (C=O) groups is 1. The Labute approximate surface area is 214 Å².